The highest BCUT2D eigenvalue weighted by Gasteiger charge is 2.04. The maximum Gasteiger partial charge on any atom is 0.253 e. The maximum atomic E-state index is 12.1. The number of H-pyrrole nitrogens is 1. The van der Waals surface area contributed by atoms with Gasteiger partial charge in [0.1, 0.15) is 5.75 Å². The molecule has 0 radical (unpaired) electrons. The molecule has 1 heterocycles. The summed E-state index contributed by atoms with van der Waals surface area (Å²) in [6, 6.07) is 14.6. The van der Waals surface area contributed by atoms with Gasteiger partial charge in [0.25, 0.3) is 5.56 Å². The molecule has 0 unspecified atom stereocenters. The lowest BCUT2D eigenvalue weighted by atomic mass is 10.1. The number of hydrogen-bond acceptors (Lipinski definition) is 3. The summed E-state index contributed by atoms with van der Waals surface area (Å²) in [4.78, 5) is 15.1. The predicted octanol–water partition coefficient (Wildman–Crippen LogP) is 3.15. The van der Waals surface area contributed by atoms with E-state index in [1.54, 1.807) is 24.3 Å². The Morgan fingerprint density at radius 1 is 1.14 bits per heavy atom. The van der Waals surface area contributed by atoms with E-state index in [9.17, 15) is 9.90 Å². The zero-order chi connectivity index (χ0) is 14.8. The monoisotopic (exact) mass is 280 g/mol. The Labute approximate surface area is 122 Å². The molecule has 0 aliphatic rings. The van der Waals surface area contributed by atoms with Crippen LogP contribution in [0.15, 0.2) is 53.3 Å². The maximum absolute atomic E-state index is 12.1. The fraction of sp³-hybridized carbons (Fsp3) is 0.118. The molecule has 0 saturated heterocycles. The second kappa shape index (κ2) is 5.32. The van der Waals surface area contributed by atoms with Gasteiger partial charge in [-0.1, -0.05) is 18.2 Å². The largest absolute Gasteiger partial charge is 0.508 e. The minimum atomic E-state index is -0.0805. The topological polar surface area (TPSA) is 65.1 Å². The van der Waals surface area contributed by atoms with Crippen molar-refractivity contribution in [3.63, 3.8) is 0 Å². The molecule has 0 bridgehead atoms. The summed E-state index contributed by atoms with van der Waals surface area (Å²) < 4.78 is 0. The Bertz CT molecular complexity index is 836. The number of rotatable bonds is 3. The number of aromatic hydroxyl groups is 1. The first-order valence-electron chi connectivity index (χ1n) is 6.78. The average molecular weight is 280 g/mol. The number of hydrogen-bond donors (Lipinski definition) is 3. The smallest absolute Gasteiger partial charge is 0.253 e. The first-order valence-corrected chi connectivity index (χ1v) is 6.78. The molecule has 106 valence electrons. The van der Waals surface area contributed by atoms with E-state index in [4.69, 9.17) is 0 Å². The Kier molecular flexibility index (Phi) is 3.36. The van der Waals surface area contributed by atoms with Gasteiger partial charge >= 0.3 is 0 Å². The SMILES string of the molecule is Cc1cccc2cc(CNc3ccc(O)cc3)c(=O)[nH]c12. The normalized spacial score (nSPS) is 10.7. The molecular weight excluding hydrogens is 264 g/mol. The zero-order valence-electron chi connectivity index (χ0n) is 11.7. The van der Waals surface area contributed by atoms with Crippen LogP contribution in [0.25, 0.3) is 10.9 Å². The van der Waals surface area contributed by atoms with Gasteiger partial charge in [-0.15, -0.1) is 0 Å². The van der Waals surface area contributed by atoms with Crippen LogP contribution in [0.3, 0.4) is 0 Å². The highest BCUT2D eigenvalue weighted by Crippen LogP contribution is 2.17. The van der Waals surface area contributed by atoms with E-state index < -0.39 is 0 Å². The van der Waals surface area contributed by atoms with Crippen LogP contribution in [0, 0.1) is 6.92 Å². The summed E-state index contributed by atoms with van der Waals surface area (Å²) in [5.74, 6) is 0.222. The quantitative estimate of drug-likeness (QED) is 0.646. The molecule has 3 N–H and O–H groups in total. The summed E-state index contributed by atoms with van der Waals surface area (Å²) in [7, 11) is 0. The van der Waals surface area contributed by atoms with E-state index in [0.29, 0.717) is 12.1 Å². The number of anilines is 1. The third-order valence-corrected chi connectivity index (χ3v) is 3.52. The number of fused-ring (bicyclic) bond motifs is 1. The van der Waals surface area contributed by atoms with Crippen LogP contribution < -0.4 is 10.9 Å². The molecule has 0 aliphatic heterocycles. The van der Waals surface area contributed by atoms with Gasteiger partial charge in [-0.25, -0.2) is 0 Å². The van der Waals surface area contributed by atoms with Gasteiger partial charge in [-0.3, -0.25) is 4.79 Å². The van der Waals surface area contributed by atoms with E-state index in [2.05, 4.69) is 10.3 Å². The Morgan fingerprint density at radius 3 is 2.67 bits per heavy atom. The number of para-hydroxylation sites is 1. The number of phenolic OH excluding ortho intramolecular Hbond substituents is 1. The number of pyridine rings is 1. The van der Waals surface area contributed by atoms with Crippen LogP contribution in [-0.4, -0.2) is 10.1 Å². The fourth-order valence-corrected chi connectivity index (χ4v) is 2.34. The summed E-state index contributed by atoms with van der Waals surface area (Å²) in [5.41, 5.74) is 3.40. The average Bonchev–Trinajstić information content (AvgIpc) is 2.48. The van der Waals surface area contributed by atoms with Crippen molar-refractivity contribution in [2.45, 2.75) is 13.5 Å². The number of benzene rings is 2. The lowest BCUT2D eigenvalue weighted by Crippen LogP contribution is -2.15. The third-order valence-electron chi connectivity index (χ3n) is 3.52. The molecule has 0 saturated carbocycles. The van der Waals surface area contributed by atoms with Crippen molar-refractivity contribution in [1.29, 1.82) is 0 Å². The van der Waals surface area contributed by atoms with Crippen molar-refractivity contribution >= 4 is 16.6 Å². The lowest BCUT2D eigenvalue weighted by molar-refractivity contribution is 0.475. The fourth-order valence-electron chi connectivity index (χ4n) is 2.34. The highest BCUT2D eigenvalue weighted by atomic mass is 16.3. The number of aromatic nitrogens is 1. The summed E-state index contributed by atoms with van der Waals surface area (Å²) >= 11 is 0. The standard InChI is InChI=1S/C17H16N2O2/c1-11-3-2-4-12-9-13(17(21)19-16(11)12)10-18-14-5-7-15(20)8-6-14/h2-9,18,20H,10H2,1H3,(H,19,21). The summed E-state index contributed by atoms with van der Waals surface area (Å²) in [6.07, 6.45) is 0. The van der Waals surface area contributed by atoms with Crippen LogP contribution in [0.4, 0.5) is 5.69 Å². The highest BCUT2D eigenvalue weighted by molar-refractivity contribution is 5.81. The molecule has 0 atom stereocenters. The summed E-state index contributed by atoms with van der Waals surface area (Å²) in [5, 5.41) is 13.4. The molecule has 21 heavy (non-hydrogen) atoms. The van der Waals surface area contributed by atoms with Crippen molar-refractivity contribution in [2.24, 2.45) is 0 Å². The molecule has 4 nitrogen and oxygen atoms in total. The zero-order valence-corrected chi connectivity index (χ0v) is 11.7. The van der Waals surface area contributed by atoms with Crippen LogP contribution in [0.5, 0.6) is 5.75 Å². The van der Waals surface area contributed by atoms with E-state index >= 15 is 0 Å². The lowest BCUT2D eigenvalue weighted by Gasteiger charge is -2.08. The van der Waals surface area contributed by atoms with Gasteiger partial charge in [0, 0.05) is 17.8 Å². The van der Waals surface area contributed by atoms with Gasteiger partial charge in [0.15, 0.2) is 0 Å². The van der Waals surface area contributed by atoms with Crippen molar-refractivity contribution in [2.75, 3.05) is 5.32 Å². The van der Waals surface area contributed by atoms with Crippen LogP contribution in [-0.2, 0) is 6.54 Å². The number of nitrogens with one attached hydrogen (secondary N) is 2. The molecule has 2 aromatic carbocycles. The van der Waals surface area contributed by atoms with Crippen molar-refractivity contribution in [3.05, 3.63) is 70.0 Å². The molecule has 0 spiro atoms. The van der Waals surface area contributed by atoms with E-state index in [0.717, 1.165) is 22.2 Å². The molecule has 1 aromatic heterocycles. The van der Waals surface area contributed by atoms with Crippen molar-refractivity contribution < 1.29 is 5.11 Å². The second-order valence-corrected chi connectivity index (χ2v) is 5.06. The number of phenols is 1. The summed E-state index contributed by atoms with van der Waals surface area (Å²) in [6.45, 7) is 2.41. The van der Waals surface area contributed by atoms with Gasteiger partial charge in [-0.2, -0.15) is 0 Å². The second-order valence-electron chi connectivity index (χ2n) is 5.06. The Hall–Kier alpha value is -2.75. The third kappa shape index (κ3) is 2.74. The van der Waals surface area contributed by atoms with Gasteiger partial charge < -0.3 is 15.4 Å². The van der Waals surface area contributed by atoms with E-state index in [-0.39, 0.29) is 11.3 Å². The molecular formula is C17H16N2O2. The first kappa shape index (κ1) is 13.2. The number of aryl methyl sites for hydroxylation is 1. The molecule has 0 fully saturated rings. The van der Waals surface area contributed by atoms with Gasteiger partial charge in [-0.05, 0) is 48.2 Å². The molecule has 0 aliphatic carbocycles. The Balaban J connectivity index is 1.89. The van der Waals surface area contributed by atoms with E-state index in [1.165, 1.54) is 0 Å². The Morgan fingerprint density at radius 2 is 1.90 bits per heavy atom. The molecule has 0 amide bonds. The molecule has 4 heteroatoms. The van der Waals surface area contributed by atoms with Gasteiger partial charge in [0.05, 0.1) is 5.52 Å². The van der Waals surface area contributed by atoms with Crippen molar-refractivity contribution in [1.82, 2.24) is 4.98 Å². The molecule has 3 aromatic rings. The molecule has 3 rings (SSSR count). The number of aromatic amines is 1. The van der Waals surface area contributed by atoms with Crippen LogP contribution in [0.2, 0.25) is 0 Å². The van der Waals surface area contributed by atoms with E-state index in [1.807, 2.05) is 31.2 Å². The minimum Gasteiger partial charge on any atom is -0.508 e. The van der Waals surface area contributed by atoms with Crippen LogP contribution >= 0.6 is 0 Å². The van der Waals surface area contributed by atoms with Crippen molar-refractivity contribution in [3.8, 4) is 5.75 Å². The minimum absolute atomic E-state index is 0.0805. The van der Waals surface area contributed by atoms with Crippen LogP contribution in [0.1, 0.15) is 11.1 Å². The van der Waals surface area contributed by atoms with Gasteiger partial charge in [0.2, 0.25) is 0 Å². The first-order chi connectivity index (χ1) is 10.1. The predicted molar refractivity (Wildman–Crippen MR) is 84.7 cm³/mol.